The molecule has 90 valence electrons. The first-order valence-corrected chi connectivity index (χ1v) is 5.96. The smallest absolute Gasteiger partial charge is 0.126 e. The molecule has 0 spiro atoms. The van der Waals surface area contributed by atoms with Crippen molar-refractivity contribution < 1.29 is 4.42 Å². The van der Waals surface area contributed by atoms with Gasteiger partial charge in [0, 0.05) is 5.69 Å². The lowest BCUT2D eigenvalue weighted by Gasteiger charge is -2.15. The first-order chi connectivity index (χ1) is 8.06. The van der Waals surface area contributed by atoms with E-state index >= 15 is 0 Å². The lowest BCUT2D eigenvalue weighted by Crippen LogP contribution is -2.06. The minimum absolute atomic E-state index is 0.184. The molecule has 0 aliphatic heterocycles. The molecule has 1 atom stereocenters. The molecule has 1 aromatic heterocycles. The molecule has 0 radical (unpaired) electrons. The van der Waals surface area contributed by atoms with E-state index in [0.717, 1.165) is 11.5 Å². The van der Waals surface area contributed by atoms with Crippen molar-refractivity contribution in [3.8, 4) is 0 Å². The van der Waals surface area contributed by atoms with E-state index < -0.39 is 0 Å². The molecule has 0 aliphatic rings. The monoisotopic (exact) mass is 229 g/mol. The summed E-state index contributed by atoms with van der Waals surface area (Å²) in [6, 6.07) is 10.6. The quantitative estimate of drug-likeness (QED) is 0.845. The Morgan fingerprint density at radius 3 is 2.47 bits per heavy atom. The molecule has 0 aliphatic carbocycles. The zero-order valence-corrected chi connectivity index (χ0v) is 10.9. The third-order valence-corrected chi connectivity index (χ3v) is 2.95. The number of hydrogen-bond acceptors (Lipinski definition) is 2. The van der Waals surface area contributed by atoms with Gasteiger partial charge in [-0.3, -0.25) is 0 Å². The SMILES string of the molecule is Cc1ccc(C)c(NC(C)c2ccc(C)o2)c1. The van der Waals surface area contributed by atoms with E-state index in [1.54, 1.807) is 0 Å². The second-order valence-corrected chi connectivity index (χ2v) is 4.63. The van der Waals surface area contributed by atoms with Crippen molar-refractivity contribution >= 4 is 5.69 Å². The Labute approximate surface area is 103 Å². The Morgan fingerprint density at radius 2 is 1.82 bits per heavy atom. The molecule has 2 nitrogen and oxygen atoms in total. The summed E-state index contributed by atoms with van der Waals surface area (Å²) in [4.78, 5) is 0. The highest BCUT2D eigenvalue weighted by molar-refractivity contribution is 5.53. The maximum Gasteiger partial charge on any atom is 0.126 e. The topological polar surface area (TPSA) is 25.2 Å². The van der Waals surface area contributed by atoms with Gasteiger partial charge < -0.3 is 9.73 Å². The van der Waals surface area contributed by atoms with Crippen LogP contribution >= 0.6 is 0 Å². The summed E-state index contributed by atoms with van der Waals surface area (Å²) < 4.78 is 5.63. The second-order valence-electron chi connectivity index (χ2n) is 4.63. The van der Waals surface area contributed by atoms with Crippen LogP contribution in [-0.4, -0.2) is 0 Å². The van der Waals surface area contributed by atoms with Crippen LogP contribution in [-0.2, 0) is 0 Å². The number of benzene rings is 1. The minimum atomic E-state index is 0.184. The van der Waals surface area contributed by atoms with E-state index in [4.69, 9.17) is 4.42 Å². The van der Waals surface area contributed by atoms with E-state index in [9.17, 15) is 0 Å². The zero-order chi connectivity index (χ0) is 12.4. The van der Waals surface area contributed by atoms with Crippen LogP contribution < -0.4 is 5.32 Å². The van der Waals surface area contributed by atoms with Crippen LogP contribution in [0.2, 0.25) is 0 Å². The average Bonchev–Trinajstić information content (AvgIpc) is 2.70. The lowest BCUT2D eigenvalue weighted by molar-refractivity contribution is 0.467. The fraction of sp³-hybridized carbons (Fsp3) is 0.333. The summed E-state index contributed by atoms with van der Waals surface area (Å²) in [5, 5.41) is 3.49. The van der Waals surface area contributed by atoms with Crippen LogP contribution in [0.1, 0.15) is 35.6 Å². The van der Waals surface area contributed by atoms with Gasteiger partial charge >= 0.3 is 0 Å². The van der Waals surface area contributed by atoms with Crippen LogP contribution in [0.3, 0.4) is 0 Å². The number of furan rings is 1. The maximum atomic E-state index is 5.63. The van der Waals surface area contributed by atoms with Crippen molar-refractivity contribution in [2.24, 2.45) is 0 Å². The predicted octanol–water partition coefficient (Wildman–Crippen LogP) is 4.38. The summed E-state index contributed by atoms with van der Waals surface area (Å²) >= 11 is 0. The summed E-state index contributed by atoms with van der Waals surface area (Å²) in [6.07, 6.45) is 0. The van der Waals surface area contributed by atoms with E-state index in [1.165, 1.54) is 16.8 Å². The Morgan fingerprint density at radius 1 is 1.06 bits per heavy atom. The van der Waals surface area contributed by atoms with Gasteiger partial charge in [0.15, 0.2) is 0 Å². The molecule has 1 unspecified atom stereocenters. The highest BCUT2D eigenvalue weighted by Crippen LogP contribution is 2.24. The Kier molecular flexibility index (Phi) is 3.23. The molecule has 0 bridgehead atoms. The molecule has 1 heterocycles. The number of rotatable bonds is 3. The highest BCUT2D eigenvalue weighted by Gasteiger charge is 2.10. The highest BCUT2D eigenvalue weighted by atomic mass is 16.3. The molecular formula is C15H19NO. The summed E-state index contributed by atoms with van der Waals surface area (Å²) in [7, 11) is 0. The molecule has 2 heteroatoms. The average molecular weight is 229 g/mol. The van der Waals surface area contributed by atoms with Crippen LogP contribution in [0.25, 0.3) is 0 Å². The lowest BCUT2D eigenvalue weighted by atomic mass is 10.1. The number of anilines is 1. The molecule has 0 amide bonds. The molecule has 1 aromatic carbocycles. The molecule has 0 fully saturated rings. The largest absolute Gasteiger partial charge is 0.464 e. The summed E-state index contributed by atoms with van der Waals surface area (Å²) in [6.45, 7) is 8.29. The van der Waals surface area contributed by atoms with Crippen molar-refractivity contribution in [1.29, 1.82) is 0 Å². The van der Waals surface area contributed by atoms with Gasteiger partial charge in [0.05, 0.1) is 6.04 Å². The second kappa shape index (κ2) is 4.66. The fourth-order valence-corrected chi connectivity index (χ4v) is 1.88. The summed E-state index contributed by atoms with van der Waals surface area (Å²) in [5.41, 5.74) is 3.69. The van der Waals surface area contributed by atoms with Gasteiger partial charge in [-0.1, -0.05) is 12.1 Å². The minimum Gasteiger partial charge on any atom is -0.464 e. The number of aryl methyl sites for hydroxylation is 3. The van der Waals surface area contributed by atoms with Gasteiger partial charge in [0.25, 0.3) is 0 Å². The van der Waals surface area contributed by atoms with Crippen molar-refractivity contribution in [3.05, 3.63) is 53.0 Å². The Hall–Kier alpha value is -1.70. The van der Waals surface area contributed by atoms with Crippen LogP contribution in [0.5, 0.6) is 0 Å². The van der Waals surface area contributed by atoms with Crippen molar-refractivity contribution in [3.63, 3.8) is 0 Å². The molecule has 2 rings (SSSR count). The van der Waals surface area contributed by atoms with Gasteiger partial charge in [-0.25, -0.2) is 0 Å². The number of nitrogens with one attached hydrogen (secondary N) is 1. The van der Waals surface area contributed by atoms with Crippen LogP contribution in [0, 0.1) is 20.8 Å². The van der Waals surface area contributed by atoms with Crippen LogP contribution in [0.15, 0.2) is 34.7 Å². The fourth-order valence-electron chi connectivity index (χ4n) is 1.88. The number of hydrogen-bond donors (Lipinski definition) is 1. The standard InChI is InChI=1S/C15H19NO/c1-10-5-6-11(2)14(9-10)16-13(4)15-8-7-12(3)17-15/h5-9,13,16H,1-4H3. The van der Waals surface area contributed by atoms with Crippen molar-refractivity contribution in [2.75, 3.05) is 5.32 Å². The van der Waals surface area contributed by atoms with Gasteiger partial charge in [0.1, 0.15) is 11.5 Å². The van der Waals surface area contributed by atoms with Gasteiger partial charge in [-0.2, -0.15) is 0 Å². The first kappa shape index (κ1) is 11.8. The van der Waals surface area contributed by atoms with Gasteiger partial charge in [0.2, 0.25) is 0 Å². The third-order valence-electron chi connectivity index (χ3n) is 2.95. The summed E-state index contributed by atoms with van der Waals surface area (Å²) in [5.74, 6) is 1.93. The Balaban J connectivity index is 2.18. The maximum absolute atomic E-state index is 5.63. The van der Waals surface area contributed by atoms with Gasteiger partial charge in [-0.15, -0.1) is 0 Å². The molecule has 17 heavy (non-hydrogen) atoms. The van der Waals surface area contributed by atoms with Crippen molar-refractivity contribution in [2.45, 2.75) is 33.7 Å². The van der Waals surface area contributed by atoms with Gasteiger partial charge in [-0.05, 0) is 57.0 Å². The molecular weight excluding hydrogens is 210 g/mol. The first-order valence-electron chi connectivity index (χ1n) is 5.96. The predicted molar refractivity (Wildman–Crippen MR) is 71.4 cm³/mol. The molecule has 0 saturated carbocycles. The Bertz CT molecular complexity index is 513. The molecule has 0 saturated heterocycles. The van der Waals surface area contributed by atoms with E-state index in [0.29, 0.717) is 0 Å². The van der Waals surface area contributed by atoms with E-state index in [2.05, 4.69) is 44.3 Å². The van der Waals surface area contributed by atoms with E-state index in [-0.39, 0.29) is 6.04 Å². The normalized spacial score (nSPS) is 12.5. The van der Waals surface area contributed by atoms with E-state index in [1.807, 2.05) is 19.1 Å². The third kappa shape index (κ3) is 2.70. The van der Waals surface area contributed by atoms with Crippen molar-refractivity contribution in [1.82, 2.24) is 0 Å². The molecule has 2 aromatic rings. The van der Waals surface area contributed by atoms with Crippen LogP contribution in [0.4, 0.5) is 5.69 Å². The molecule has 1 N–H and O–H groups in total. The zero-order valence-electron chi connectivity index (χ0n) is 10.9.